The van der Waals surface area contributed by atoms with Crippen molar-refractivity contribution in [3.8, 4) is 0 Å². The average Bonchev–Trinajstić information content (AvgIpc) is 2.95. The van der Waals surface area contributed by atoms with Crippen molar-refractivity contribution < 1.29 is 4.74 Å². The van der Waals surface area contributed by atoms with E-state index in [1.54, 1.807) is 0 Å². The number of thioether (sulfide) groups is 2. The van der Waals surface area contributed by atoms with Gasteiger partial charge in [0.15, 0.2) is 0 Å². The van der Waals surface area contributed by atoms with Crippen molar-refractivity contribution in [1.29, 1.82) is 0 Å². The van der Waals surface area contributed by atoms with Crippen molar-refractivity contribution in [1.82, 2.24) is 5.43 Å². The van der Waals surface area contributed by atoms with E-state index in [-0.39, 0.29) is 5.60 Å². The van der Waals surface area contributed by atoms with Gasteiger partial charge in [-0.15, -0.1) is 0 Å². The molecule has 0 aromatic rings. The van der Waals surface area contributed by atoms with E-state index >= 15 is 0 Å². The second-order valence-electron chi connectivity index (χ2n) is 6.21. The SMILES string of the molecule is NNC(C1CCSC1)C1CCOC2(CCSCC2)C1. The van der Waals surface area contributed by atoms with Crippen molar-refractivity contribution in [3.05, 3.63) is 0 Å². The Bertz CT molecular complexity index is 286. The van der Waals surface area contributed by atoms with Crippen molar-refractivity contribution in [2.24, 2.45) is 17.7 Å². The third-order valence-corrected chi connectivity index (χ3v) is 7.28. The van der Waals surface area contributed by atoms with Gasteiger partial charge in [0.05, 0.1) is 5.60 Å². The van der Waals surface area contributed by atoms with Crippen molar-refractivity contribution >= 4 is 23.5 Å². The molecule has 3 aliphatic rings. The van der Waals surface area contributed by atoms with Crippen LogP contribution in [0.25, 0.3) is 0 Å². The topological polar surface area (TPSA) is 47.3 Å². The molecule has 0 saturated carbocycles. The lowest BCUT2D eigenvalue weighted by Crippen LogP contribution is -2.52. The van der Waals surface area contributed by atoms with Gasteiger partial charge in [0, 0.05) is 12.6 Å². The molecular weight excluding hydrogens is 276 g/mol. The first kappa shape index (κ1) is 14.5. The monoisotopic (exact) mass is 302 g/mol. The number of rotatable bonds is 3. The van der Waals surface area contributed by atoms with Crippen LogP contribution in [0.5, 0.6) is 0 Å². The van der Waals surface area contributed by atoms with Crippen LogP contribution in [-0.4, -0.2) is 41.3 Å². The second-order valence-corrected chi connectivity index (χ2v) is 8.59. The second kappa shape index (κ2) is 6.56. The fourth-order valence-corrected chi connectivity index (χ4v) is 6.51. The van der Waals surface area contributed by atoms with Crippen LogP contribution in [0.2, 0.25) is 0 Å². The molecule has 1 spiro atoms. The van der Waals surface area contributed by atoms with E-state index in [9.17, 15) is 0 Å². The molecule has 3 fully saturated rings. The lowest BCUT2D eigenvalue weighted by molar-refractivity contribution is -0.109. The van der Waals surface area contributed by atoms with Gasteiger partial charge in [-0.1, -0.05) is 0 Å². The summed E-state index contributed by atoms with van der Waals surface area (Å²) in [5.74, 6) is 12.5. The maximum Gasteiger partial charge on any atom is 0.0701 e. The highest BCUT2D eigenvalue weighted by Gasteiger charge is 2.42. The van der Waals surface area contributed by atoms with Gasteiger partial charge in [0.2, 0.25) is 0 Å². The zero-order chi connectivity index (χ0) is 13.1. The minimum absolute atomic E-state index is 0.189. The van der Waals surface area contributed by atoms with Gasteiger partial charge < -0.3 is 4.74 Å². The molecule has 3 nitrogen and oxygen atoms in total. The molecule has 3 aliphatic heterocycles. The maximum absolute atomic E-state index is 6.21. The van der Waals surface area contributed by atoms with E-state index < -0.39 is 0 Å². The van der Waals surface area contributed by atoms with Crippen LogP contribution < -0.4 is 11.3 Å². The van der Waals surface area contributed by atoms with Gasteiger partial charge in [-0.25, -0.2) is 0 Å². The van der Waals surface area contributed by atoms with E-state index in [0.717, 1.165) is 12.5 Å². The van der Waals surface area contributed by atoms with Crippen LogP contribution in [0, 0.1) is 11.8 Å². The summed E-state index contributed by atoms with van der Waals surface area (Å²) in [6.07, 6.45) is 6.23. The Morgan fingerprint density at radius 1 is 1.11 bits per heavy atom. The summed E-state index contributed by atoms with van der Waals surface area (Å²) in [7, 11) is 0. The van der Waals surface area contributed by atoms with E-state index in [2.05, 4.69) is 28.9 Å². The molecule has 19 heavy (non-hydrogen) atoms. The highest BCUT2D eigenvalue weighted by Crippen LogP contribution is 2.42. The Balaban J connectivity index is 1.65. The zero-order valence-corrected chi connectivity index (χ0v) is 13.2. The number of nitrogens with one attached hydrogen (secondary N) is 1. The molecule has 0 bridgehead atoms. The molecule has 0 radical (unpaired) electrons. The van der Waals surface area contributed by atoms with E-state index in [0.29, 0.717) is 12.0 Å². The van der Waals surface area contributed by atoms with E-state index in [1.807, 2.05) is 0 Å². The highest BCUT2D eigenvalue weighted by molar-refractivity contribution is 7.99. The normalized spacial score (nSPS) is 36.5. The number of hydrogen-bond acceptors (Lipinski definition) is 5. The minimum Gasteiger partial charge on any atom is -0.375 e. The van der Waals surface area contributed by atoms with Crippen molar-refractivity contribution in [2.45, 2.75) is 43.7 Å². The number of ether oxygens (including phenoxy) is 1. The molecule has 5 heteroatoms. The summed E-state index contributed by atoms with van der Waals surface area (Å²) >= 11 is 4.17. The molecule has 3 rings (SSSR count). The third-order valence-electron chi connectivity index (χ3n) is 5.11. The third kappa shape index (κ3) is 3.26. The summed E-state index contributed by atoms with van der Waals surface area (Å²) in [6.45, 7) is 0.938. The quantitative estimate of drug-likeness (QED) is 0.618. The Morgan fingerprint density at radius 2 is 1.95 bits per heavy atom. The van der Waals surface area contributed by atoms with Crippen LogP contribution in [0.4, 0.5) is 0 Å². The van der Waals surface area contributed by atoms with Crippen molar-refractivity contribution in [2.75, 3.05) is 29.6 Å². The zero-order valence-electron chi connectivity index (χ0n) is 11.6. The molecule has 3 heterocycles. The maximum atomic E-state index is 6.21. The van der Waals surface area contributed by atoms with Crippen LogP contribution >= 0.6 is 23.5 Å². The first-order valence-corrected chi connectivity index (χ1v) is 9.89. The van der Waals surface area contributed by atoms with Gasteiger partial charge >= 0.3 is 0 Å². The molecule has 0 aliphatic carbocycles. The van der Waals surface area contributed by atoms with Gasteiger partial charge in [-0.3, -0.25) is 11.3 Å². The Hall–Kier alpha value is 0.580. The first-order chi connectivity index (χ1) is 9.33. The molecule has 3 N–H and O–H groups in total. The summed E-state index contributed by atoms with van der Waals surface area (Å²) in [6, 6.07) is 0.505. The molecule has 3 atom stereocenters. The summed E-state index contributed by atoms with van der Waals surface area (Å²) in [4.78, 5) is 0. The fraction of sp³-hybridized carbons (Fsp3) is 1.00. The number of hydrazine groups is 1. The fourth-order valence-electron chi connectivity index (χ4n) is 3.96. The predicted octanol–water partition coefficient (Wildman–Crippen LogP) is 2.26. The molecule has 0 aromatic heterocycles. The number of hydrogen-bond donors (Lipinski definition) is 2. The predicted molar refractivity (Wildman–Crippen MR) is 84.5 cm³/mol. The van der Waals surface area contributed by atoms with Gasteiger partial charge in [0.25, 0.3) is 0 Å². The van der Waals surface area contributed by atoms with Crippen LogP contribution in [0.1, 0.15) is 32.1 Å². The standard InChI is InChI=1S/C14H26N2OS2/c15-16-13(12-2-6-19-10-12)11-1-5-17-14(9-11)3-7-18-8-4-14/h11-13,16H,1-10,15H2. The van der Waals surface area contributed by atoms with Crippen molar-refractivity contribution in [3.63, 3.8) is 0 Å². The number of nitrogens with two attached hydrogens (primary N) is 1. The van der Waals surface area contributed by atoms with Crippen LogP contribution in [-0.2, 0) is 4.74 Å². The van der Waals surface area contributed by atoms with Crippen LogP contribution in [0.3, 0.4) is 0 Å². The van der Waals surface area contributed by atoms with E-state index in [4.69, 9.17) is 10.6 Å². The Labute approximate surface area is 125 Å². The first-order valence-electron chi connectivity index (χ1n) is 7.59. The minimum atomic E-state index is 0.189. The molecule has 3 unspecified atom stereocenters. The van der Waals surface area contributed by atoms with E-state index in [1.165, 1.54) is 55.1 Å². The molecule has 110 valence electrons. The Kier molecular flexibility index (Phi) is 5.01. The molecule has 3 saturated heterocycles. The molecular formula is C14H26N2OS2. The molecule has 0 aromatic carbocycles. The Morgan fingerprint density at radius 3 is 2.63 bits per heavy atom. The largest absolute Gasteiger partial charge is 0.375 e. The highest BCUT2D eigenvalue weighted by atomic mass is 32.2. The smallest absolute Gasteiger partial charge is 0.0701 e. The van der Waals surface area contributed by atoms with Gasteiger partial charge in [-0.05, 0) is 67.0 Å². The molecule has 0 amide bonds. The van der Waals surface area contributed by atoms with Crippen LogP contribution in [0.15, 0.2) is 0 Å². The van der Waals surface area contributed by atoms with Gasteiger partial charge in [-0.2, -0.15) is 23.5 Å². The summed E-state index contributed by atoms with van der Waals surface area (Å²) in [5, 5.41) is 0. The summed E-state index contributed by atoms with van der Waals surface area (Å²) < 4.78 is 6.21. The van der Waals surface area contributed by atoms with Gasteiger partial charge in [0.1, 0.15) is 0 Å². The lowest BCUT2D eigenvalue weighted by atomic mass is 9.75. The lowest BCUT2D eigenvalue weighted by Gasteiger charge is -2.46. The summed E-state index contributed by atoms with van der Waals surface area (Å²) in [5.41, 5.74) is 3.35. The average molecular weight is 303 g/mol.